The molecule has 0 N–H and O–H groups in total. The summed E-state index contributed by atoms with van der Waals surface area (Å²) in [6, 6.07) is 15.0. The summed E-state index contributed by atoms with van der Waals surface area (Å²) in [5.41, 5.74) is 0.481. The summed E-state index contributed by atoms with van der Waals surface area (Å²) >= 11 is 1.22. The van der Waals surface area contributed by atoms with Crippen molar-refractivity contribution in [3.63, 3.8) is 0 Å². The van der Waals surface area contributed by atoms with Crippen LogP contribution in [0.1, 0.15) is 11.1 Å². The molecule has 2 aromatic carbocycles. The molecule has 1 aromatic heterocycles. The highest BCUT2D eigenvalue weighted by Gasteiger charge is 2.32. The smallest absolute Gasteiger partial charge is 0.277 e. The van der Waals surface area contributed by atoms with Crippen LogP contribution in [0.15, 0.2) is 66.1 Å². The lowest BCUT2D eigenvalue weighted by molar-refractivity contribution is -0.138. The third-order valence-electron chi connectivity index (χ3n) is 3.23. The molecule has 0 aliphatic heterocycles. The SMILES string of the molecule is FC(F)(F)c1ccccc1CSc1nncn1-c1ccccc1. The van der Waals surface area contributed by atoms with E-state index >= 15 is 0 Å². The van der Waals surface area contributed by atoms with E-state index in [0.29, 0.717) is 5.16 Å². The summed E-state index contributed by atoms with van der Waals surface area (Å²) in [6.45, 7) is 0. The molecule has 0 unspecified atom stereocenters. The van der Waals surface area contributed by atoms with Gasteiger partial charge in [0, 0.05) is 11.4 Å². The topological polar surface area (TPSA) is 30.7 Å². The molecule has 118 valence electrons. The number of benzene rings is 2. The Kier molecular flexibility index (Phi) is 4.38. The molecule has 0 aliphatic carbocycles. The minimum atomic E-state index is -4.36. The summed E-state index contributed by atoms with van der Waals surface area (Å²) in [7, 11) is 0. The van der Waals surface area contributed by atoms with Gasteiger partial charge in [-0.1, -0.05) is 48.2 Å². The second-order valence-electron chi connectivity index (χ2n) is 4.76. The van der Waals surface area contributed by atoms with Crippen LogP contribution in [0.5, 0.6) is 0 Å². The summed E-state index contributed by atoms with van der Waals surface area (Å²) < 4.78 is 40.8. The van der Waals surface area contributed by atoms with Gasteiger partial charge in [0.25, 0.3) is 0 Å². The first-order valence-corrected chi connectivity index (χ1v) is 7.77. The molecule has 0 amide bonds. The van der Waals surface area contributed by atoms with E-state index in [4.69, 9.17) is 0 Å². The zero-order valence-corrected chi connectivity index (χ0v) is 12.7. The van der Waals surface area contributed by atoms with Crippen molar-refractivity contribution in [3.8, 4) is 5.69 Å². The molecule has 0 saturated carbocycles. The van der Waals surface area contributed by atoms with Gasteiger partial charge in [0.05, 0.1) is 5.56 Å². The minimum absolute atomic E-state index is 0.168. The van der Waals surface area contributed by atoms with Gasteiger partial charge in [-0.25, -0.2) is 0 Å². The molecule has 0 saturated heterocycles. The van der Waals surface area contributed by atoms with Crippen molar-refractivity contribution in [3.05, 3.63) is 72.1 Å². The third kappa shape index (κ3) is 3.56. The lowest BCUT2D eigenvalue weighted by Gasteiger charge is -2.12. The monoisotopic (exact) mass is 335 g/mol. The first-order chi connectivity index (χ1) is 11.1. The standard InChI is InChI=1S/C16H12F3N3S/c17-16(18,19)14-9-5-4-6-12(14)10-23-15-21-20-11-22(15)13-7-2-1-3-8-13/h1-9,11H,10H2. The molecular formula is C16H12F3N3S. The zero-order chi connectivity index (χ0) is 16.3. The quantitative estimate of drug-likeness (QED) is 0.654. The van der Waals surface area contributed by atoms with Crippen molar-refractivity contribution < 1.29 is 13.2 Å². The summed E-state index contributed by atoms with van der Waals surface area (Å²) in [6.07, 6.45) is -2.81. The predicted octanol–water partition coefficient (Wildman–Crippen LogP) is 4.58. The second-order valence-corrected chi connectivity index (χ2v) is 5.71. The maximum absolute atomic E-state index is 13.0. The molecular weight excluding hydrogens is 323 g/mol. The van der Waals surface area contributed by atoms with E-state index in [1.54, 1.807) is 17.0 Å². The lowest BCUT2D eigenvalue weighted by atomic mass is 10.1. The van der Waals surface area contributed by atoms with Crippen molar-refractivity contribution in [1.29, 1.82) is 0 Å². The summed E-state index contributed by atoms with van der Waals surface area (Å²) in [5.74, 6) is 0.168. The van der Waals surface area contributed by atoms with E-state index in [2.05, 4.69) is 10.2 Å². The minimum Gasteiger partial charge on any atom is -0.277 e. The van der Waals surface area contributed by atoms with E-state index in [9.17, 15) is 13.2 Å². The van der Waals surface area contributed by atoms with Crippen LogP contribution < -0.4 is 0 Å². The van der Waals surface area contributed by atoms with E-state index in [0.717, 1.165) is 11.8 Å². The van der Waals surface area contributed by atoms with Crippen molar-refractivity contribution in [2.45, 2.75) is 17.1 Å². The summed E-state index contributed by atoms with van der Waals surface area (Å²) in [5, 5.41) is 8.40. The average Bonchev–Trinajstić information content (AvgIpc) is 3.02. The predicted molar refractivity (Wildman–Crippen MR) is 82.4 cm³/mol. The first-order valence-electron chi connectivity index (χ1n) is 6.79. The van der Waals surface area contributed by atoms with Gasteiger partial charge in [0.1, 0.15) is 6.33 Å². The molecule has 0 bridgehead atoms. The Hall–Kier alpha value is -2.28. The molecule has 3 aromatic rings. The van der Waals surface area contributed by atoms with Crippen LogP contribution in [0.3, 0.4) is 0 Å². The number of rotatable bonds is 4. The van der Waals surface area contributed by atoms with Gasteiger partial charge in [0.15, 0.2) is 5.16 Å². The summed E-state index contributed by atoms with van der Waals surface area (Å²) in [4.78, 5) is 0. The third-order valence-corrected chi connectivity index (χ3v) is 4.22. The van der Waals surface area contributed by atoms with Gasteiger partial charge in [0.2, 0.25) is 0 Å². The Morgan fingerprint density at radius 2 is 1.65 bits per heavy atom. The number of nitrogens with zero attached hydrogens (tertiary/aromatic N) is 3. The fourth-order valence-corrected chi connectivity index (χ4v) is 3.09. The van der Waals surface area contributed by atoms with E-state index in [1.165, 1.54) is 23.9 Å². The molecule has 0 spiro atoms. The fourth-order valence-electron chi connectivity index (χ4n) is 2.15. The lowest BCUT2D eigenvalue weighted by Crippen LogP contribution is -2.08. The molecule has 1 heterocycles. The van der Waals surface area contributed by atoms with Crippen LogP contribution in [-0.2, 0) is 11.9 Å². The van der Waals surface area contributed by atoms with Crippen LogP contribution in [0.4, 0.5) is 13.2 Å². The Bertz CT molecular complexity index is 785. The average molecular weight is 335 g/mol. The van der Waals surface area contributed by atoms with E-state index in [1.807, 2.05) is 30.3 Å². The number of hydrogen-bond acceptors (Lipinski definition) is 3. The van der Waals surface area contributed by atoms with E-state index in [-0.39, 0.29) is 11.3 Å². The van der Waals surface area contributed by atoms with Gasteiger partial charge >= 0.3 is 6.18 Å². The van der Waals surface area contributed by atoms with Crippen molar-refractivity contribution in [2.75, 3.05) is 0 Å². The van der Waals surface area contributed by atoms with E-state index < -0.39 is 11.7 Å². The molecule has 0 atom stereocenters. The largest absolute Gasteiger partial charge is 0.416 e. The van der Waals surface area contributed by atoms with Crippen LogP contribution in [-0.4, -0.2) is 14.8 Å². The molecule has 23 heavy (non-hydrogen) atoms. The fraction of sp³-hybridized carbons (Fsp3) is 0.125. The van der Waals surface area contributed by atoms with Gasteiger partial charge in [-0.2, -0.15) is 13.2 Å². The number of aromatic nitrogens is 3. The maximum Gasteiger partial charge on any atom is 0.416 e. The molecule has 0 radical (unpaired) electrons. The number of alkyl halides is 3. The molecule has 3 nitrogen and oxygen atoms in total. The second kappa shape index (κ2) is 6.45. The van der Waals surface area contributed by atoms with Gasteiger partial charge in [-0.05, 0) is 23.8 Å². The Morgan fingerprint density at radius 1 is 0.957 bits per heavy atom. The Balaban J connectivity index is 1.82. The normalized spacial score (nSPS) is 11.6. The Morgan fingerprint density at radius 3 is 2.39 bits per heavy atom. The van der Waals surface area contributed by atoms with Crippen LogP contribution in [0.2, 0.25) is 0 Å². The number of hydrogen-bond donors (Lipinski definition) is 0. The highest BCUT2D eigenvalue weighted by atomic mass is 32.2. The van der Waals surface area contributed by atoms with Gasteiger partial charge < -0.3 is 0 Å². The molecule has 3 rings (SSSR count). The zero-order valence-electron chi connectivity index (χ0n) is 11.9. The molecule has 0 fully saturated rings. The van der Waals surface area contributed by atoms with Gasteiger partial charge in [-0.3, -0.25) is 4.57 Å². The van der Waals surface area contributed by atoms with Gasteiger partial charge in [-0.15, -0.1) is 10.2 Å². The van der Waals surface area contributed by atoms with Crippen LogP contribution >= 0.6 is 11.8 Å². The molecule has 0 aliphatic rings. The van der Waals surface area contributed by atoms with Crippen molar-refractivity contribution >= 4 is 11.8 Å². The Labute approximate surface area is 135 Å². The van der Waals surface area contributed by atoms with Crippen LogP contribution in [0, 0.1) is 0 Å². The number of halogens is 3. The molecule has 7 heteroatoms. The highest BCUT2D eigenvalue weighted by molar-refractivity contribution is 7.98. The van der Waals surface area contributed by atoms with Crippen molar-refractivity contribution in [1.82, 2.24) is 14.8 Å². The van der Waals surface area contributed by atoms with Crippen LogP contribution in [0.25, 0.3) is 5.69 Å². The maximum atomic E-state index is 13.0. The van der Waals surface area contributed by atoms with Crippen molar-refractivity contribution in [2.24, 2.45) is 0 Å². The number of thioether (sulfide) groups is 1. The first kappa shape index (κ1) is 15.6. The highest BCUT2D eigenvalue weighted by Crippen LogP contribution is 2.34. The number of para-hydroxylation sites is 1.